The van der Waals surface area contributed by atoms with Gasteiger partial charge in [0.2, 0.25) is 5.91 Å². The lowest BCUT2D eigenvalue weighted by molar-refractivity contribution is -0.275. The molecule has 2 amide bonds. The van der Waals surface area contributed by atoms with Crippen molar-refractivity contribution in [3.8, 4) is 40.1 Å². The maximum absolute atomic E-state index is 13.9. The van der Waals surface area contributed by atoms with Gasteiger partial charge in [0.1, 0.15) is 29.4 Å². The van der Waals surface area contributed by atoms with E-state index >= 15 is 0 Å². The average molecular weight is 774 g/mol. The molecule has 0 saturated carbocycles. The summed E-state index contributed by atoms with van der Waals surface area (Å²) < 4.78 is 60.2. The Hall–Kier alpha value is -6.51. The lowest BCUT2D eigenvalue weighted by Crippen LogP contribution is -2.24. The number of amides is 2. The fraction of sp³-hybridized carbons (Fsp3) is 0.282. The van der Waals surface area contributed by atoms with Gasteiger partial charge in [-0.25, -0.2) is 10.2 Å². The summed E-state index contributed by atoms with van der Waals surface area (Å²) in [6.07, 6.45) is -4.13. The second-order valence-electron chi connectivity index (χ2n) is 13.4. The minimum atomic E-state index is -5.07. The highest BCUT2D eigenvalue weighted by atomic mass is 19.4. The highest BCUT2D eigenvalue weighted by Crippen LogP contribution is 2.49. The van der Waals surface area contributed by atoms with E-state index in [0.717, 1.165) is 5.69 Å². The number of carbonyl (C=O) groups is 2. The topological polar surface area (TPSA) is 206 Å². The molecular weight excluding hydrogens is 735 g/mol. The number of halogens is 3. The van der Waals surface area contributed by atoms with Crippen LogP contribution in [0.4, 0.5) is 24.5 Å². The summed E-state index contributed by atoms with van der Waals surface area (Å²) in [5.74, 6) is -1.41. The number of anilines is 2. The molecule has 0 saturated heterocycles. The van der Waals surface area contributed by atoms with Gasteiger partial charge in [-0.05, 0) is 41.8 Å². The highest BCUT2D eigenvalue weighted by Gasteiger charge is 2.38. The summed E-state index contributed by atoms with van der Waals surface area (Å²) in [6, 6.07) is 11.3. The van der Waals surface area contributed by atoms with Gasteiger partial charge in [-0.2, -0.15) is 10.4 Å². The highest BCUT2D eigenvalue weighted by molar-refractivity contribution is 5.93. The van der Waals surface area contributed by atoms with Crippen LogP contribution in [0.5, 0.6) is 17.2 Å². The Kier molecular flexibility index (Phi) is 11.0. The number of hydrogen-bond donors (Lipinski definition) is 6. The molecular formula is C39H38F3N7O7. The first kappa shape index (κ1) is 39.2. The van der Waals surface area contributed by atoms with E-state index in [-0.39, 0.29) is 72.4 Å². The summed E-state index contributed by atoms with van der Waals surface area (Å²) in [7, 11) is 0. The van der Waals surface area contributed by atoms with E-state index in [1.807, 2.05) is 13.8 Å². The molecule has 1 atom stereocenters. The van der Waals surface area contributed by atoms with Gasteiger partial charge in [0, 0.05) is 76.8 Å². The Morgan fingerprint density at radius 1 is 1.11 bits per heavy atom. The van der Waals surface area contributed by atoms with Crippen molar-refractivity contribution < 1.29 is 47.3 Å². The van der Waals surface area contributed by atoms with Crippen molar-refractivity contribution >= 4 is 23.2 Å². The van der Waals surface area contributed by atoms with Crippen LogP contribution >= 0.6 is 0 Å². The number of aliphatic hydroxyl groups excluding tert-OH is 1. The van der Waals surface area contributed by atoms with Crippen LogP contribution in [0, 0.1) is 11.3 Å². The molecule has 6 rings (SSSR count). The number of nitrogens with two attached hydrogens (primary N) is 1. The van der Waals surface area contributed by atoms with Crippen molar-refractivity contribution in [2.45, 2.75) is 51.7 Å². The number of benzene rings is 3. The van der Waals surface area contributed by atoms with Gasteiger partial charge < -0.3 is 35.7 Å². The third-order valence-corrected chi connectivity index (χ3v) is 9.47. The number of rotatable bonds is 14. The molecule has 0 aliphatic carbocycles. The number of ether oxygens (including phenoxy) is 3. The van der Waals surface area contributed by atoms with Crippen LogP contribution in [0.15, 0.2) is 66.9 Å². The summed E-state index contributed by atoms with van der Waals surface area (Å²) in [5.41, 5.74) is 11.3. The number of aromatic nitrogens is 2. The van der Waals surface area contributed by atoms with E-state index in [1.165, 1.54) is 28.4 Å². The molecule has 0 radical (unpaired) electrons. The van der Waals surface area contributed by atoms with Crippen LogP contribution in [0.3, 0.4) is 0 Å². The van der Waals surface area contributed by atoms with Gasteiger partial charge in [0.25, 0.3) is 5.91 Å². The standard InChI is InChI=1S/C39H38F3N7O7/c1-19(2)29-7-9-49(47-29)32-14-31(46-17-21(4)38(52)48-53)27(15-43)25-13-34(55-36(25)32)26-11-22(5-6-33(26)56-39(40,41)42)24-12-30(45-16-20(3)37(44)51)28(18-50)23-8-10-54-35(23)24/h5-7,9,11-12,14,19,34,45-46,50,53H,3-4,8,10,13,16-18H2,1-2H3,(H2,44,51)(H,48,52). The molecule has 3 aromatic carbocycles. The molecule has 1 unspecified atom stereocenters. The van der Waals surface area contributed by atoms with Gasteiger partial charge in [0.15, 0.2) is 5.75 Å². The fourth-order valence-corrected chi connectivity index (χ4v) is 6.62. The zero-order chi connectivity index (χ0) is 40.5. The van der Waals surface area contributed by atoms with Crippen LogP contribution in [-0.4, -0.2) is 58.0 Å². The Morgan fingerprint density at radius 3 is 2.48 bits per heavy atom. The number of primary amides is 1. The molecule has 14 nitrogen and oxygen atoms in total. The largest absolute Gasteiger partial charge is 0.573 e. The first-order chi connectivity index (χ1) is 26.6. The first-order valence-electron chi connectivity index (χ1n) is 17.4. The first-order valence-corrected chi connectivity index (χ1v) is 17.4. The van der Waals surface area contributed by atoms with E-state index < -0.39 is 30.0 Å². The number of nitrogens with one attached hydrogen (secondary N) is 3. The van der Waals surface area contributed by atoms with Crippen molar-refractivity contribution in [3.05, 3.63) is 100 Å². The molecule has 0 bridgehead atoms. The van der Waals surface area contributed by atoms with Crippen molar-refractivity contribution in [3.63, 3.8) is 0 Å². The molecule has 0 fully saturated rings. The zero-order valence-corrected chi connectivity index (χ0v) is 30.3. The molecule has 3 heterocycles. The minimum absolute atomic E-state index is 0.00583. The fourth-order valence-electron chi connectivity index (χ4n) is 6.62. The maximum Gasteiger partial charge on any atom is 0.573 e. The van der Waals surface area contributed by atoms with Gasteiger partial charge in [-0.15, -0.1) is 13.2 Å². The van der Waals surface area contributed by atoms with Crippen LogP contribution in [0.1, 0.15) is 59.4 Å². The van der Waals surface area contributed by atoms with Crippen LogP contribution in [0.25, 0.3) is 16.8 Å². The van der Waals surface area contributed by atoms with Gasteiger partial charge in [-0.3, -0.25) is 14.8 Å². The van der Waals surface area contributed by atoms with Gasteiger partial charge in [-0.1, -0.05) is 33.1 Å². The molecule has 17 heteroatoms. The Bertz CT molecular complexity index is 2300. The smallest absolute Gasteiger partial charge is 0.492 e. The Labute approximate surface area is 318 Å². The molecule has 1 aromatic heterocycles. The predicted octanol–water partition coefficient (Wildman–Crippen LogP) is 5.46. The zero-order valence-electron chi connectivity index (χ0n) is 30.3. The number of alkyl halides is 3. The predicted molar refractivity (Wildman–Crippen MR) is 198 cm³/mol. The Morgan fingerprint density at radius 2 is 1.84 bits per heavy atom. The maximum atomic E-state index is 13.9. The van der Waals surface area contributed by atoms with Crippen molar-refractivity contribution in [1.82, 2.24) is 15.3 Å². The van der Waals surface area contributed by atoms with E-state index in [0.29, 0.717) is 51.4 Å². The Balaban J connectivity index is 1.48. The quantitative estimate of drug-likeness (QED) is 0.0539. The summed E-state index contributed by atoms with van der Waals surface area (Å²) >= 11 is 0. The van der Waals surface area contributed by atoms with Crippen LogP contribution in [-0.2, 0) is 29.0 Å². The van der Waals surface area contributed by atoms with Crippen molar-refractivity contribution in [2.24, 2.45) is 5.73 Å². The summed E-state index contributed by atoms with van der Waals surface area (Å²) in [6.45, 7) is 10.9. The molecule has 0 spiro atoms. The van der Waals surface area contributed by atoms with E-state index in [9.17, 15) is 33.1 Å². The minimum Gasteiger partial charge on any atom is -0.492 e. The number of fused-ring (bicyclic) bond motifs is 2. The second-order valence-corrected chi connectivity index (χ2v) is 13.4. The number of nitrogens with zero attached hydrogens (tertiary/aromatic N) is 3. The van der Waals surface area contributed by atoms with Crippen LogP contribution < -0.4 is 36.1 Å². The molecule has 56 heavy (non-hydrogen) atoms. The third-order valence-electron chi connectivity index (χ3n) is 9.47. The number of hydrogen-bond acceptors (Lipinski definition) is 11. The normalized spacial score (nSPS) is 14.2. The average Bonchev–Trinajstić information content (AvgIpc) is 3.95. The van der Waals surface area contributed by atoms with E-state index in [1.54, 1.807) is 24.4 Å². The molecule has 292 valence electrons. The van der Waals surface area contributed by atoms with Crippen LogP contribution in [0.2, 0.25) is 0 Å². The van der Waals surface area contributed by atoms with E-state index in [2.05, 4.69) is 39.7 Å². The van der Waals surface area contributed by atoms with Crippen molar-refractivity contribution in [2.75, 3.05) is 30.3 Å². The monoisotopic (exact) mass is 773 g/mol. The molecule has 7 N–H and O–H groups in total. The molecule has 2 aliphatic rings. The van der Waals surface area contributed by atoms with Gasteiger partial charge >= 0.3 is 6.36 Å². The molecule has 2 aliphatic heterocycles. The number of aliphatic hydroxyl groups is 1. The summed E-state index contributed by atoms with van der Waals surface area (Å²) in [5, 5.41) is 40.5. The third kappa shape index (κ3) is 7.83. The second kappa shape index (κ2) is 15.7. The number of nitriles is 1. The SMILES string of the molecule is C=C(CNc1cc(-c2ccc(OC(F)(F)F)c(C3Cc4c(C#N)c(NCC(=C)C(=O)NO)cc(-n5ccc(C(C)C)n5)c4O3)c2)c2c(c1CO)CCO2)C(N)=O. The lowest BCUT2D eigenvalue weighted by Gasteiger charge is -2.21. The number of carbonyl (C=O) groups excluding carboxylic acids is 2. The number of hydroxylamine groups is 1. The summed E-state index contributed by atoms with van der Waals surface area (Å²) in [4.78, 5) is 23.6. The van der Waals surface area contributed by atoms with Crippen molar-refractivity contribution in [1.29, 1.82) is 5.26 Å². The van der Waals surface area contributed by atoms with Gasteiger partial charge in [0.05, 0.1) is 30.2 Å². The lowest BCUT2D eigenvalue weighted by atomic mass is 9.92. The van der Waals surface area contributed by atoms with E-state index in [4.69, 9.17) is 20.4 Å². The molecule has 4 aromatic rings.